The van der Waals surface area contributed by atoms with Gasteiger partial charge in [-0.1, -0.05) is 17.7 Å². The number of terminal acetylenes is 1. The summed E-state index contributed by atoms with van der Waals surface area (Å²) in [5.74, 6) is 2.55. The molecule has 0 fully saturated rings. The van der Waals surface area contributed by atoms with Crippen LogP contribution in [-0.2, 0) is 19.0 Å². The first kappa shape index (κ1) is 16.7. The standard InChI is InChI=1S/C15H20O4S/c1-3-4-5-6-11-18-12-13-19-20(16,17)15-9-7-14(2)8-10-15/h1,7-10H,4-6,11-13H2,2H3. The molecule has 1 rings (SSSR count). The summed E-state index contributed by atoms with van der Waals surface area (Å²) in [5.41, 5.74) is 0.999. The van der Waals surface area contributed by atoms with E-state index < -0.39 is 10.1 Å². The Morgan fingerprint density at radius 1 is 1.10 bits per heavy atom. The molecule has 0 aliphatic carbocycles. The Kier molecular flexibility index (Phi) is 7.31. The Labute approximate surface area is 121 Å². The molecule has 0 unspecified atom stereocenters. The Balaban J connectivity index is 2.24. The van der Waals surface area contributed by atoms with E-state index in [0.717, 1.165) is 24.8 Å². The molecule has 0 saturated heterocycles. The lowest BCUT2D eigenvalue weighted by Crippen LogP contribution is -2.12. The van der Waals surface area contributed by atoms with Gasteiger partial charge in [-0.15, -0.1) is 12.3 Å². The van der Waals surface area contributed by atoms with Gasteiger partial charge in [0.1, 0.15) is 0 Å². The fraction of sp³-hybridized carbons (Fsp3) is 0.467. The van der Waals surface area contributed by atoms with E-state index in [1.807, 2.05) is 6.92 Å². The van der Waals surface area contributed by atoms with E-state index in [1.54, 1.807) is 12.1 Å². The zero-order valence-electron chi connectivity index (χ0n) is 11.7. The topological polar surface area (TPSA) is 52.6 Å². The molecular formula is C15H20O4S. The number of ether oxygens (including phenoxy) is 1. The van der Waals surface area contributed by atoms with Crippen molar-refractivity contribution < 1.29 is 17.3 Å². The summed E-state index contributed by atoms with van der Waals surface area (Å²) in [4.78, 5) is 0.164. The van der Waals surface area contributed by atoms with Crippen molar-refractivity contribution in [2.45, 2.75) is 31.1 Å². The first-order chi connectivity index (χ1) is 9.56. The van der Waals surface area contributed by atoms with Crippen LogP contribution < -0.4 is 0 Å². The van der Waals surface area contributed by atoms with Gasteiger partial charge in [0.2, 0.25) is 0 Å². The molecule has 0 saturated carbocycles. The van der Waals surface area contributed by atoms with Crippen LogP contribution in [0.25, 0.3) is 0 Å². The molecule has 1 aromatic rings. The quantitative estimate of drug-likeness (QED) is 0.399. The lowest BCUT2D eigenvalue weighted by Gasteiger charge is -2.06. The summed E-state index contributed by atoms with van der Waals surface area (Å²) in [6.07, 6.45) is 7.65. The van der Waals surface area contributed by atoms with Crippen LogP contribution in [0.1, 0.15) is 24.8 Å². The van der Waals surface area contributed by atoms with Crippen molar-refractivity contribution in [3.05, 3.63) is 29.8 Å². The molecule has 20 heavy (non-hydrogen) atoms. The Morgan fingerprint density at radius 3 is 2.45 bits per heavy atom. The molecule has 0 bridgehead atoms. The lowest BCUT2D eigenvalue weighted by atomic mass is 10.2. The maximum Gasteiger partial charge on any atom is 0.297 e. The largest absolute Gasteiger partial charge is 0.379 e. The van der Waals surface area contributed by atoms with Gasteiger partial charge >= 0.3 is 0 Å². The highest BCUT2D eigenvalue weighted by atomic mass is 32.2. The van der Waals surface area contributed by atoms with Crippen molar-refractivity contribution >= 4 is 10.1 Å². The minimum Gasteiger partial charge on any atom is -0.379 e. The van der Waals surface area contributed by atoms with E-state index >= 15 is 0 Å². The smallest absolute Gasteiger partial charge is 0.297 e. The average molecular weight is 296 g/mol. The van der Waals surface area contributed by atoms with Crippen molar-refractivity contribution in [3.63, 3.8) is 0 Å². The van der Waals surface area contributed by atoms with Crippen molar-refractivity contribution in [2.24, 2.45) is 0 Å². The molecule has 0 spiro atoms. The first-order valence-electron chi connectivity index (χ1n) is 6.53. The van der Waals surface area contributed by atoms with Crippen molar-refractivity contribution in [1.82, 2.24) is 0 Å². The van der Waals surface area contributed by atoms with Gasteiger partial charge in [0.25, 0.3) is 10.1 Å². The summed E-state index contributed by atoms with van der Waals surface area (Å²) in [5, 5.41) is 0. The van der Waals surface area contributed by atoms with Crippen LogP contribution in [0.3, 0.4) is 0 Å². The lowest BCUT2D eigenvalue weighted by molar-refractivity contribution is 0.0995. The molecule has 0 radical (unpaired) electrons. The number of hydrogen-bond acceptors (Lipinski definition) is 4. The van der Waals surface area contributed by atoms with Crippen molar-refractivity contribution in [3.8, 4) is 12.3 Å². The van der Waals surface area contributed by atoms with E-state index in [1.165, 1.54) is 12.1 Å². The molecule has 4 nitrogen and oxygen atoms in total. The number of rotatable bonds is 9. The minimum atomic E-state index is -3.68. The van der Waals surface area contributed by atoms with Crippen LogP contribution in [-0.4, -0.2) is 28.2 Å². The molecule has 5 heteroatoms. The Morgan fingerprint density at radius 2 is 1.80 bits per heavy atom. The molecule has 0 atom stereocenters. The van der Waals surface area contributed by atoms with Gasteiger partial charge in [-0.05, 0) is 31.9 Å². The van der Waals surface area contributed by atoms with Crippen LogP contribution in [0.15, 0.2) is 29.2 Å². The molecule has 0 aliphatic rings. The van der Waals surface area contributed by atoms with E-state index in [4.69, 9.17) is 15.3 Å². The van der Waals surface area contributed by atoms with Gasteiger partial charge in [-0.25, -0.2) is 0 Å². The number of aryl methyl sites for hydroxylation is 1. The Hall–Kier alpha value is -1.35. The number of hydrogen-bond donors (Lipinski definition) is 0. The predicted octanol–water partition coefficient (Wildman–Crippen LogP) is 2.52. The summed E-state index contributed by atoms with van der Waals surface area (Å²) in [6.45, 7) is 2.73. The van der Waals surface area contributed by atoms with E-state index in [9.17, 15) is 8.42 Å². The van der Waals surface area contributed by atoms with E-state index in [2.05, 4.69) is 5.92 Å². The highest BCUT2D eigenvalue weighted by Crippen LogP contribution is 2.12. The van der Waals surface area contributed by atoms with Crippen LogP contribution in [0.5, 0.6) is 0 Å². The normalized spacial score (nSPS) is 11.2. The summed E-state index contributed by atoms with van der Waals surface area (Å²) < 4.78 is 33.8. The number of benzene rings is 1. The van der Waals surface area contributed by atoms with E-state index in [-0.39, 0.29) is 18.1 Å². The van der Waals surface area contributed by atoms with Gasteiger partial charge in [0, 0.05) is 13.0 Å². The van der Waals surface area contributed by atoms with Gasteiger partial charge in [0.15, 0.2) is 0 Å². The van der Waals surface area contributed by atoms with Gasteiger partial charge in [-0.3, -0.25) is 4.18 Å². The molecule has 0 heterocycles. The second-order valence-electron chi connectivity index (χ2n) is 4.36. The van der Waals surface area contributed by atoms with Crippen LogP contribution in [0, 0.1) is 19.3 Å². The molecule has 110 valence electrons. The zero-order chi connectivity index (χ0) is 14.8. The van der Waals surface area contributed by atoms with Crippen LogP contribution >= 0.6 is 0 Å². The summed E-state index contributed by atoms with van der Waals surface area (Å²) >= 11 is 0. The van der Waals surface area contributed by atoms with Crippen molar-refractivity contribution in [2.75, 3.05) is 19.8 Å². The molecule has 0 aromatic heterocycles. The fourth-order valence-corrected chi connectivity index (χ4v) is 2.40. The van der Waals surface area contributed by atoms with E-state index in [0.29, 0.717) is 6.61 Å². The maximum atomic E-state index is 11.8. The summed E-state index contributed by atoms with van der Waals surface area (Å²) in [7, 11) is -3.68. The monoisotopic (exact) mass is 296 g/mol. The second kappa shape index (κ2) is 8.75. The highest BCUT2D eigenvalue weighted by molar-refractivity contribution is 7.86. The third kappa shape index (κ3) is 6.20. The molecule has 0 amide bonds. The minimum absolute atomic E-state index is 0.0192. The number of unbranched alkanes of at least 4 members (excludes halogenated alkanes) is 2. The first-order valence-corrected chi connectivity index (χ1v) is 7.94. The third-order valence-corrected chi connectivity index (χ3v) is 3.96. The Bertz CT molecular complexity index is 526. The maximum absolute atomic E-state index is 11.8. The average Bonchev–Trinajstić information content (AvgIpc) is 2.42. The van der Waals surface area contributed by atoms with Crippen molar-refractivity contribution in [1.29, 1.82) is 0 Å². The fourth-order valence-electron chi connectivity index (χ4n) is 1.51. The molecule has 0 aliphatic heterocycles. The highest BCUT2D eigenvalue weighted by Gasteiger charge is 2.14. The SMILES string of the molecule is C#CCCCCOCCOS(=O)(=O)c1ccc(C)cc1. The van der Waals surface area contributed by atoms with Gasteiger partial charge in [-0.2, -0.15) is 8.42 Å². The molecular weight excluding hydrogens is 276 g/mol. The van der Waals surface area contributed by atoms with Gasteiger partial charge in [0.05, 0.1) is 18.1 Å². The van der Waals surface area contributed by atoms with Crippen LogP contribution in [0.4, 0.5) is 0 Å². The van der Waals surface area contributed by atoms with Gasteiger partial charge < -0.3 is 4.74 Å². The molecule has 1 aromatic carbocycles. The predicted molar refractivity (Wildman–Crippen MR) is 77.8 cm³/mol. The molecule has 0 N–H and O–H groups in total. The third-order valence-electron chi connectivity index (χ3n) is 2.64. The second-order valence-corrected chi connectivity index (χ2v) is 5.98. The van der Waals surface area contributed by atoms with Crippen LogP contribution in [0.2, 0.25) is 0 Å². The summed E-state index contributed by atoms with van der Waals surface area (Å²) in [6, 6.07) is 6.53. The zero-order valence-corrected chi connectivity index (χ0v) is 12.5.